The second kappa shape index (κ2) is 13.5. The molecule has 0 atom stereocenters. The van der Waals surface area contributed by atoms with Crippen molar-refractivity contribution in [2.75, 3.05) is 0 Å². The molecule has 3 aromatic heterocycles. The molecule has 3 heterocycles. The van der Waals surface area contributed by atoms with Gasteiger partial charge in [0.15, 0.2) is 0 Å². The van der Waals surface area contributed by atoms with E-state index in [2.05, 4.69) is 208 Å². The average Bonchev–Trinajstić information content (AvgIpc) is 3.97. The van der Waals surface area contributed by atoms with Crippen LogP contribution in [-0.4, -0.2) is 13.7 Å². The molecule has 0 amide bonds. The summed E-state index contributed by atoms with van der Waals surface area (Å²) >= 11 is 0. The molecule has 0 bridgehead atoms. The quantitative estimate of drug-likeness (QED) is 0.175. The third kappa shape index (κ3) is 4.99. The van der Waals surface area contributed by atoms with Gasteiger partial charge in [-0.15, -0.1) is 0 Å². The number of para-hydroxylation sites is 6. The molecule has 0 saturated carbocycles. The molecule has 12 rings (SSSR count). The van der Waals surface area contributed by atoms with Crippen LogP contribution in [0.5, 0.6) is 0 Å². The number of benzene rings is 9. The van der Waals surface area contributed by atoms with E-state index in [9.17, 15) is 10.5 Å². The minimum Gasteiger partial charge on any atom is -0.309 e. The van der Waals surface area contributed by atoms with Crippen LogP contribution in [0.1, 0.15) is 11.1 Å². The lowest BCUT2D eigenvalue weighted by molar-refractivity contribution is 1.16. The third-order valence-corrected chi connectivity index (χ3v) is 12.3. The minimum absolute atomic E-state index is 0.491. The van der Waals surface area contributed by atoms with Crippen LogP contribution in [-0.2, 0) is 0 Å². The van der Waals surface area contributed by atoms with Gasteiger partial charge in [0.2, 0.25) is 0 Å². The van der Waals surface area contributed by atoms with Crippen molar-refractivity contribution in [2.24, 2.45) is 0 Å². The Morgan fingerprint density at radius 1 is 0.311 bits per heavy atom. The number of aromatic nitrogens is 3. The van der Waals surface area contributed by atoms with Gasteiger partial charge < -0.3 is 13.7 Å². The summed E-state index contributed by atoms with van der Waals surface area (Å²) in [6, 6.07) is 74.7. The van der Waals surface area contributed by atoms with Crippen LogP contribution in [0.15, 0.2) is 200 Å². The second-order valence-corrected chi connectivity index (χ2v) is 15.5. The third-order valence-electron chi connectivity index (χ3n) is 12.3. The molecule has 0 spiro atoms. The van der Waals surface area contributed by atoms with Gasteiger partial charge in [0.05, 0.1) is 73.4 Å². The van der Waals surface area contributed by atoms with Crippen molar-refractivity contribution in [3.8, 4) is 51.5 Å². The highest BCUT2D eigenvalue weighted by Gasteiger charge is 2.25. The fourth-order valence-corrected chi connectivity index (χ4v) is 9.86. The zero-order chi connectivity index (χ0) is 40.6. The predicted molar refractivity (Wildman–Crippen MR) is 250 cm³/mol. The molecule has 61 heavy (non-hydrogen) atoms. The van der Waals surface area contributed by atoms with Gasteiger partial charge in [0, 0.05) is 49.0 Å². The smallest absolute Gasteiger partial charge is 0.0998 e. The summed E-state index contributed by atoms with van der Waals surface area (Å²) in [6.07, 6.45) is 0. The van der Waals surface area contributed by atoms with E-state index in [1.807, 2.05) is 6.07 Å². The maximum atomic E-state index is 10.7. The van der Waals surface area contributed by atoms with E-state index in [1.165, 1.54) is 10.8 Å². The SMILES string of the molecule is N#Cc1ccc(C#N)c(-c2c(-c3ccccc3-n3c4ccccc4c4c(-n5c6ccccc6c6ccccc65)cccc43)cccc2-n2c3ccccc3c3ccccc32)c1. The summed E-state index contributed by atoms with van der Waals surface area (Å²) in [7, 11) is 0. The van der Waals surface area contributed by atoms with Crippen molar-refractivity contribution in [3.63, 3.8) is 0 Å². The molecule has 0 aliphatic carbocycles. The summed E-state index contributed by atoms with van der Waals surface area (Å²) < 4.78 is 7.12. The van der Waals surface area contributed by atoms with Gasteiger partial charge in [-0.2, -0.15) is 10.5 Å². The Bertz CT molecular complexity index is 3750. The Hall–Kier alpha value is -8.64. The molecule has 9 aromatic carbocycles. The van der Waals surface area contributed by atoms with Crippen molar-refractivity contribution in [1.29, 1.82) is 10.5 Å². The highest BCUT2D eigenvalue weighted by atomic mass is 15.0. The Morgan fingerprint density at radius 2 is 0.738 bits per heavy atom. The zero-order valence-corrected chi connectivity index (χ0v) is 32.8. The van der Waals surface area contributed by atoms with Gasteiger partial charge in [0.25, 0.3) is 0 Å². The number of nitrogens with zero attached hydrogens (tertiary/aromatic N) is 5. The topological polar surface area (TPSA) is 62.4 Å². The van der Waals surface area contributed by atoms with Gasteiger partial charge >= 0.3 is 0 Å². The monoisotopic (exact) mass is 775 g/mol. The van der Waals surface area contributed by atoms with Crippen LogP contribution in [0.25, 0.3) is 105 Å². The minimum atomic E-state index is 0.491. The van der Waals surface area contributed by atoms with E-state index >= 15 is 0 Å². The van der Waals surface area contributed by atoms with E-state index < -0.39 is 0 Å². The first-order valence-corrected chi connectivity index (χ1v) is 20.4. The lowest BCUT2D eigenvalue weighted by Crippen LogP contribution is -2.03. The van der Waals surface area contributed by atoms with Crippen molar-refractivity contribution >= 4 is 65.4 Å². The van der Waals surface area contributed by atoms with Crippen LogP contribution in [0, 0.1) is 22.7 Å². The summed E-state index contributed by atoms with van der Waals surface area (Å²) in [5, 5.41) is 28.0. The lowest BCUT2D eigenvalue weighted by atomic mass is 9.88. The summed E-state index contributed by atoms with van der Waals surface area (Å²) in [5.41, 5.74) is 14.2. The molecule has 282 valence electrons. The van der Waals surface area contributed by atoms with Crippen LogP contribution >= 0.6 is 0 Å². The van der Waals surface area contributed by atoms with E-state index in [0.29, 0.717) is 16.7 Å². The molecule has 0 unspecified atom stereocenters. The largest absolute Gasteiger partial charge is 0.309 e. The van der Waals surface area contributed by atoms with Crippen molar-refractivity contribution < 1.29 is 0 Å². The number of hydrogen-bond acceptors (Lipinski definition) is 2. The fourth-order valence-electron chi connectivity index (χ4n) is 9.86. The molecule has 5 heteroatoms. The Morgan fingerprint density at radius 3 is 1.33 bits per heavy atom. The number of fused-ring (bicyclic) bond motifs is 9. The number of nitriles is 2. The van der Waals surface area contributed by atoms with Crippen LogP contribution in [0.3, 0.4) is 0 Å². The van der Waals surface area contributed by atoms with E-state index in [0.717, 1.165) is 88.4 Å². The maximum Gasteiger partial charge on any atom is 0.0998 e. The molecule has 0 radical (unpaired) electrons. The predicted octanol–water partition coefficient (Wildman–Crippen LogP) is 14.1. The molecule has 0 fully saturated rings. The molecular weight excluding hydrogens is 743 g/mol. The Balaban J connectivity index is 1.19. The Kier molecular flexibility index (Phi) is 7.59. The van der Waals surface area contributed by atoms with Crippen molar-refractivity contribution in [1.82, 2.24) is 13.7 Å². The fraction of sp³-hybridized carbons (Fsp3) is 0. The van der Waals surface area contributed by atoms with Gasteiger partial charge in [0.1, 0.15) is 0 Å². The van der Waals surface area contributed by atoms with Gasteiger partial charge in [-0.1, -0.05) is 127 Å². The maximum absolute atomic E-state index is 10.7. The molecule has 0 aliphatic heterocycles. The summed E-state index contributed by atoms with van der Waals surface area (Å²) in [4.78, 5) is 0. The molecule has 0 N–H and O–H groups in total. The average molecular weight is 776 g/mol. The lowest BCUT2D eigenvalue weighted by Gasteiger charge is -2.21. The Labute approximate surface area is 351 Å². The molecule has 0 saturated heterocycles. The van der Waals surface area contributed by atoms with Gasteiger partial charge in [-0.25, -0.2) is 0 Å². The van der Waals surface area contributed by atoms with Crippen LogP contribution < -0.4 is 0 Å². The first-order valence-electron chi connectivity index (χ1n) is 20.4. The highest BCUT2D eigenvalue weighted by molar-refractivity contribution is 6.17. The number of hydrogen-bond donors (Lipinski definition) is 0. The number of rotatable bonds is 5. The summed E-state index contributed by atoms with van der Waals surface area (Å²) in [5.74, 6) is 0. The van der Waals surface area contributed by atoms with Crippen LogP contribution in [0.2, 0.25) is 0 Å². The van der Waals surface area contributed by atoms with Crippen LogP contribution in [0.4, 0.5) is 0 Å². The standard InChI is InChI=1S/C56H33N5/c57-34-36-31-32-37(35-58)45(33-36)55-43(21-13-28-52(55)59-46-22-7-1-15-38(46)39-16-2-8-23-47(39)59)42-19-5-11-26-50(42)61-51-27-12-6-20-44(51)56-53(29-14-30-54(56)61)60-48-24-9-3-17-40(48)41-18-4-10-25-49(41)60/h1-33H. The van der Waals surface area contributed by atoms with E-state index in [-0.39, 0.29) is 0 Å². The highest BCUT2D eigenvalue weighted by Crippen LogP contribution is 2.46. The van der Waals surface area contributed by atoms with Gasteiger partial charge in [-0.05, 0) is 78.4 Å². The van der Waals surface area contributed by atoms with Gasteiger partial charge in [-0.3, -0.25) is 0 Å². The second-order valence-electron chi connectivity index (χ2n) is 15.5. The molecule has 0 aliphatic rings. The normalized spacial score (nSPS) is 11.6. The first-order chi connectivity index (χ1) is 30.2. The van der Waals surface area contributed by atoms with Crippen molar-refractivity contribution in [3.05, 3.63) is 211 Å². The molecular formula is C56H33N5. The van der Waals surface area contributed by atoms with E-state index in [4.69, 9.17) is 0 Å². The zero-order valence-electron chi connectivity index (χ0n) is 32.8. The first kappa shape index (κ1) is 34.4. The molecule has 5 nitrogen and oxygen atoms in total. The summed E-state index contributed by atoms with van der Waals surface area (Å²) in [6.45, 7) is 0. The van der Waals surface area contributed by atoms with Crippen molar-refractivity contribution in [2.45, 2.75) is 0 Å². The van der Waals surface area contributed by atoms with E-state index in [1.54, 1.807) is 12.1 Å². The molecule has 12 aromatic rings.